The third kappa shape index (κ3) is 3.42. The molecule has 2 rings (SSSR count). The van der Waals surface area contributed by atoms with Crippen molar-refractivity contribution in [1.29, 1.82) is 0 Å². The molecule has 0 aliphatic carbocycles. The molecule has 0 bridgehead atoms. The number of hydrogen-bond acceptors (Lipinski definition) is 4. The third-order valence-corrected chi connectivity index (χ3v) is 5.38. The standard InChI is InChI=1S/C14H20FNO4S/c1-10-4-5-11(15)6-13(10)21(18,19)16-7-12(8-17)20-14(2,3)9-16/h4-6,12,17H,7-9H2,1-3H3. The summed E-state index contributed by atoms with van der Waals surface area (Å²) in [7, 11) is -3.83. The number of aryl methyl sites for hydroxylation is 1. The molecule has 0 aromatic heterocycles. The van der Waals surface area contributed by atoms with Gasteiger partial charge in [-0.3, -0.25) is 0 Å². The smallest absolute Gasteiger partial charge is 0.243 e. The average Bonchev–Trinajstić information content (AvgIpc) is 2.39. The first-order valence-corrected chi connectivity index (χ1v) is 8.15. The van der Waals surface area contributed by atoms with Crippen molar-refractivity contribution in [1.82, 2.24) is 4.31 Å². The molecule has 1 saturated heterocycles. The molecule has 118 valence electrons. The predicted octanol–water partition coefficient (Wildman–Crippen LogP) is 1.29. The number of hydrogen-bond donors (Lipinski definition) is 1. The van der Waals surface area contributed by atoms with Gasteiger partial charge in [0.15, 0.2) is 0 Å². The first kappa shape index (κ1) is 16.4. The lowest BCUT2D eigenvalue weighted by Crippen LogP contribution is -2.55. The van der Waals surface area contributed by atoms with Crippen molar-refractivity contribution in [2.24, 2.45) is 0 Å². The number of sulfonamides is 1. The summed E-state index contributed by atoms with van der Waals surface area (Å²) >= 11 is 0. The maximum atomic E-state index is 13.4. The summed E-state index contributed by atoms with van der Waals surface area (Å²) < 4.78 is 45.7. The van der Waals surface area contributed by atoms with Crippen LogP contribution in [0.5, 0.6) is 0 Å². The van der Waals surface area contributed by atoms with Gasteiger partial charge in [0.2, 0.25) is 10.0 Å². The Morgan fingerprint density at radius 1 is 1.48 bits per heavy atom. The molecule has 1 unspecified atom stereocenters. The van der Waals surface area contributed by atoms with Crippen molar-refractivity contribution in [2.45, 2.75) is 37.4 Å². The number of halogens is 1. The number of rotatable bonds is 3. The Morgan fingerprint density at radius 2 is 2.14 bits per heavy atom. The molecule has 0 amide bonds. The van der Waals surface area contributed by atoms with Gasteiger partial charge in [-0.25, -0.2) is 12.8 Å². The summed E-state index contributed by atoms with van der Waals surface area (Å²) in [5, 5.41) is 9.27. The van der Waals surface area contributed by atoms with E-state index in [1.54, 1.807) is 20.8 Å². The van der Waals surface area contributed by atoms with Gasteiger partial charge in [0.25, 0.3) is 0 Å². The molecule has 1 heterocycles. The molecule has 1 aromatic carbocycles. The molecule has 0 spiro atoms. The Morgan fingerprint density at radius 3 is 2.76 bits per heavy atom. The Kier molecular flexibility index (Phi) is 4.39. The lowest BCUT2D eigenvalue weighted by atomic mass is 10.1. The van der Waals surface area contributed by atoms with Crippen molar-refractivity contribution in [3.8, 4) is 0 Å². The van der Waals surface area contributed by atoms with E-state index in [0.29, 0.717) is 5.56 Å². The van der Waals surface area contributed by atoms with Crippen LogP contribution in [0, 0.1) is 12.7 Å². The number of ether oxygens (including phenoxy) is 1. The molecule has 7 heteroatoms. The van der Waals surface area contributed by atoms with E-state index in [0.717, 1.165) is 6.07 Å². The highest BCUT2D eigenvalue weighted by Crippen LogP contribution is 2.28. The van der Waals surface area contributed by atoms with Gasteiger partial charge in [0.1, 0.15) is 5.82 Å². The number of aliphatic hydroxyl groups is 1. The van der Waals surface area contributed by atoms with Crippen molar-refractivity contribution in [3.05, 3.63) is 29.6 Å². The van der Waals surface area contributed by atoms with Crippen molar-refractivity contribution in [2.75, 3.05) is 19.7 Å². The topological polar surface area (TPSA) is 66.8 Å². The minimum atomic E-state index is -3.83. The van der Waals surface area contributed by atoms with E-state index >= 15 is 0 Å². The lowest BCUT2D eigenvalue weighted by Gasteiger charge is -2.41. The van der Waals surface area contributed by atoms with Gasteiger partial charge in [0, 0.05) is 13.1 Å². The first-order chi connectivity index (χ1) is 9.65. The van der Waals surface area contributed by atoms with Crippen LogP contribution in [0.1, 0.15) is 19.4 Å². The molecule has 1 aromatic rings. The molecular weight excluding hydrogens is 297 g/mol. The molecule has 1 atom stereocenters. The second-order valence-corrected chi connectivity index (χ2v) is 7.80. The number of benzene rings is 1. The summed E-state index contributed by atoms with van der Waals surface area (Å²) in [4.78, 5) is -0.0445. The van der Waals surface area contributed by atoms with Crippen molar-refractivity contribution < 1.29 is 22.7 Å². The quantitative estimate of drug-likeness (QED) is 0.912. The summed E-state index contributed by atoms with van der Waals surface area (Å²) in [6.45, 7) is 5.09. The van der Waals surface area contributed by atoms with Crippen LogP contribution in [0.25, 0.3) is 0 Å². The highest BCUT2D eigenvalue weighted by Gasteiger charge is 2.39. The predicted molar refractivity (Wildman–Crippen MR) is 75.9 cm³/mol. The van der Waals surface area contributed by atoms with Gasteiger partial charge in [-0.15, -0.1) is 0 Å². The van der Waals surface area contributed by atoms with E-state index in [1.165, 1.54) is 16.4 Å². The maximum absolute atomic E-state index is 13.4. The average molecular weight is 317 g/mol. The number of aliphatic hydroxyl groups excluding tert-OH is 1. The van der Waals surface area contributed by atoms with Gasteiger partial charge in [-0.05, 0) is 38.5 Å². The molecule has 1 fully saturated rings. The molecule has 5 nitrogen and oxygen atoms in total. The molecule has 21 heavy (non-hydrogen) atoms. The second kappa shape index (κ2) is 5.64. The normalized spacial score (nSPS) is 23.2. The van der Waals surface area contributed by atoms with Crippen molar-refractivity contribution in [3.63, 3.8) is 0 Å². The molecule has 0 saturated carbocycles. The van der Waals surface area contributed by atoms with Crippen LogP contribution >= 0.6 is 0 Å². The van der Waals surface area contributed by atoms with E-state index in [1.807, 2.05) is 0 Å². The minimum Gasteiger partial charge on any atom is -0.394 e. The minimum absolute atomic E-state index is 0.0445. The van der Waals surface area contributed by atoms with Gasteiger partial charge in [-0.1, -0.05) is 6.07 Å². The Bertz CT molecular complexity index is 630. The highest BCUT2D eigenvalue weighted by molar-refractivity contribution is 7.89. The molecule has 1 aliphatic heterocycles. The fourth-order valence-corrected chi connectivity index (χ4v) is 4.37. The van der Waals surface area contributed by atoms with Crippen LogP contribution in [-0.2, 0) is 14.8 Å². The Balaban J connectivity index is 2.41. The van der Waals surface area contributed by atoms with Gasteiger partial charge >= 0.3 is 0 Å². The molecule has 0 radical (unpaired) electrons. The Labute approximate surface area is 124 Å². The van der Waals surface area contributed by atoms with Crippen LogP contribution in [-0.4, -0.2) is 49.2 Å². The SMILES string of the molecule is Cc1ccc(F)cc1S(=O)(=O)N1CC(CO)OC(C)(C)C1. The second-order valence-electron chi connectivity index (χ2n) is 5.89. The highest BCUT2D eigenvalue weighted by atomic mass is 32.2. The summed E-state index contributed by atoms with van der Waals surface area (Å²) in [6.07, 6.45) is -0.586. The zero-order chi connectivity index (χ0) is 15.8. The molecular formula is C14H20FNO4S. The zero-order valence-corrected chi connectivity index (χ0v) is 13.2. The van der Waals surface area contributed by atoms with Crippen LogP contribution in [0.2, 0.25) is 0 Å². The van der Waals surface area contributed by atoms with E-state index in [-0.39, 0.29) is 24.6 Å². The summed E-state index contributed by atoms with van der Waals surface area (Å²) in [6, 6.07) is 3.70. The van der Waals surface area contributed by atoms with E-state index in [4.69, 9.17) is 4.74 Å². The van der Waals surface area contributed by atoms with E-state index < -0.39 is 27.5 Å². The maximum Gasteiger partial charge on any atom is 0.243 e. The zero-order valence-electron chi connectivity index (χ0n) is 12.3. The van der Waals surface area contributed by atoms with Crippen LogP contribution in [0.3, 0.4) is 0 Å². The van der Waals surface area contributed by atoms with Gasteiger partial charge < -0.3 is 9.84 Å². The van der Waals surface area contributed by atoms with Gasteiger partial charge in [-0.2, -0.15) is 4.31 Å². The fraction of sp³-hybridized carbons (Fsp3) is 0.571. The Hall–Kier alpha value is -1.02. The lowest BCUT2D eigenvalue weighted by molar-refractivity contribution is -0.131. The third-order valence-electron chi connectivity index (χ3n) is 3.42. The largest absolute Gasteiger partial charge is 0.394 e. The monoisotopic (exact) mass is 317 g/mol. The number of nitrogens with zero attached hydrogens (tertiary/aromatic N) is 1. The van der Waals surface area contributed by atoms with Crippen LogP contribution < -0.4 is 0 Å². The van der Waals surface area contributed by atoms with E-state index in [9.17, 15) is 17.9 Å². The van der Waals surface area contributed by atoms with Crippen LogP contribution in [0.15, 0.2) is 23.1 Å². The summed E-state index contributed by atoms with van der Waals surface area (Å²) in [5.41, 5.74) is -0.221. The number of morpholine rings is 1. The van der Waals surface area contributed by atoms with Gasteiger partial charge in [0.05, 0.1) is 23.2 Å². The summed E-state index contributed by atoms with van der Waals surface area (Å²) in [5.74, 6) is -0.592. The first-order valence-electron chi connectivity index (χ1n) is 6.71. The van der Waals surface area contributed by atoms with Crippen LogP contribution in [0.4, 0.5) is 4.39 Å². The molecule has 1 aliphatic rings. The van der Waals surface area contributed by atoms with Crippen molar-refractivity contribution >= 4 is 10.0 Å². The molecule has 1 N–H and O–H groups in total. The van der Waals surface area contributed by atoms with E-state index in [2.05, 4.69) is 0 Å². The fourth-order valence-electron chi connectivity index (χ4n) is 2.51.